The molecule has 0 atom stereocenters. The number of nitrogens with one attached hydrogen (secondary N) is 2. The lowest BCUT2D eigenvalue weighted by molar-refractivity contribution is 1.20. The second-order valence-electron chi connectivity index (χ2n) is 7.18. The number of fused-ring (bicyclic) bond motifs is 4. The molecule has 9 bridgehead atoms. The molecule has 0 radical (unpaired) electrons. The number of aromatic nitrogens is 6. The zero-order chi connectivity index (χ0) is 17.3. The van der Waals surface area contributed by atoms with Gasteiger partial charge in [-0.25, -0.2) is 15.0 Å². The fraction of sp³-hybridized carbons (Fsp3) is 0. The fourth-order valence-corrected chi connectivity index (χ4v) is 4.70. The molecule has 9 aromatic rings. The van der Waals surface area contributed by atoms with Crippen molar-refractivity contribution >= 4 is 71.7 Å². The highest BCUT2D eigenvalue weighted by Crippen LogP contribution is 2.38. The van der Waals surface area contributed by atoms with Crippen molar-refractivity contribution in [1.82, 2.24) is 29.3 Å². The van der Waals surface area contributed by atoms with E-state index in [2.05, 4.69) is 62.9 Å². The minimum Gasteiger partial charge on any atom is -0.335 e. The van der Waals surface area contributed by atoms with Gasteiger partial charge < -0.3 is 9.97 Å². The molecule has 0 unspecified atom stereocenters. The standard InChI is InChI=1S/C21H10N6/c1-3-10-9-7-8-14-18-15(9)11-4-2-5-12-17(11)24-19(22-12)20(25-18)27(14)21-23-13(6-1)16(10)26-21/h1-8H,(H,22,24)(H,23,26). The van der Waals surface area contributed by atoms with E-state index in [4.69, 9.17) is 15.0 Å². The molecule has 124 valence electrons. The van der Waals surface area contributed by atoms with Gasteiger partial charge in [-0.2, -0.15) is 0 Å². The number of benzene rings is 3. The van der Waals surface area contributed by atoms with Gasteiger partial charge in [-0.05, 0) is 23.6 Å². The molecule has 0 saturated heterocycles. The third kappa shape index (κ3) is 1.23. The van der Waals surface area contributed by atoms with Crippen molar-refractivity contribution in [2.24, 2.45) is 0 Å². The van der Waals surface area contributed by atoms with Gasteiger partial charge in [0.25, 0.3) is 0 Å². The first-order valence-corrected chi connectivity index (χ1v) is 8.91. The summed E-state index contributed by atoms with van der Waals surface area (Å²) in [5.41, 5.74) is 7.61. The number of hydrogen-bond donors (Lipinski definition) is 2. The van der Waals surface area contributed by atoms with Gasteiger partial charge in [-0.1, -0.05) is 30.3 Å². The van der Waals surface area contributed by atoms with E-state index in [1.807, 2.05) is 0 Å². The SMILES string of the molecule is c1cc2[nH]c3nc2c(c1)c1ccc2c4nc(c5nc6c(cccc6c14)[nH]5)n32. The normalized spacial score (nSPS) is 13.2. The molecule has 6 nitrogen and oxygen atoms in total. The van der Waals surface area contributed by atoms with Crippen LogP contribution in [-0.2, 0) is 0 Å². The van der Waals surface area contributed by atoms with Crippen LogP contribution in [0.4, 0.5) is 0 Å². The van der Waals surface area contributed by atoms with Gasteiger partial charge in [0.05, 0.1) is 33.1 Å². The third-order valence-corrected chi connectivity index (χ3v) is 5.82. The first-order valence-electron chi connectivity index (χ1n) is 8.91. The van der Waals surface area contributed by atoms with Gasteiger partial charge in [0.15, 0.2) is 11.3 Å². The summed E-state index contributed by atoms with van der Waals surface area (Å²) in [6, 6.07) is 16.9. The molecule has 0 amide bonds. The maximum atomic E-state index is 5.02. The Kier molecular flexibility index (Phi) is 1.73. The molecule has 2 N–H and O–H groups in total. The molecule has 0 aliphatic rings. The van der Waals surface area contributed by atoms with Gasteiger partial charge in [0.1, 0.15) is 0 Å². The zero-order valence-electron chi connectivity index (χ0n) is 13.9. The van der Waals surface area contributed by atoms with Crippen LogP contribution in [0.15, 0.2) is 48.5 Å². The van der Waals surface area contributed by atoms with E-state index < -0.39 is 0 Å². The van der Waals surface area contributed by atoms with E-state index in [0.29, 0.717) is 0 Å². The predicted octanol–water partition coefficient (Wildman–Crippen LogP) is 4.58. The van der Waals surface area contributed by atoms with Gasteiger partial charge in [0.2, 0.25) is 5.78 Å². The summed E-state index contributed by atoms with van der Waals surface area (Å²) in [6.45, 7) is 0. The number of nitrogens with zero attached hydrogens (tertiary/aromatic N) is 4. The Morgan fingerprint density at radius 1 is 0.667 bits per heavy atom. The Balaban J connectivity index is 2.00. The third-order valence-electron chi connectivity index (χ3n) is 5.82. The molecule has 9 rings (SSSR count). The molecule has 0 aliphatic carbocycles. The van der Waals surface area contributed by atoms with Crippen molar-refractivity contribution in [3.05, 3.63) is 48.5 Å². The van der Waals surface area contributed by atoms with Gasteiger partial charge in [0, 0.05) is 16.2 Å². The van der Waals surface area contributed by atoms with E-state index >= 15 is 0 Å². The Morgan fingerprint density at radius 3 is 2.41 bits per heavy atom. The highest BCUT2D eigenvalue weighted by Gasteiger charge is 2.20. The molecule has 27 heavy (non-hydrogen) atoms. The first-order chi connectivity index (χ1) is 13.4. The van der Waals surface area contributed by atoms with E-state index in [0.717, 1.165) is 71.7 Å². The molecular formula is C21H10N6. The monoisotopic (exact) mass is 346 g/mol. The molecular weight excluding hydrogens is 336 g/mol. The largest absolute Gasteiger partial charge is 0.335 e. The van der Waals surface area contributed by atoms with Crippen LogP contribution in [0.3, 0.4) is 0 Å². The lowest BCUT2D eigenvalue weighted by Gasteiger charge is -2.03. The van der Waals surface area contributed by atoms with E-state index in [-0.39, 0.29) is 0 Å². The van der Waals surface area contributed by atoms with Crippen molar-refractivity contribution in [1.29, 1.82) is 0 Å². The summed E-state index contributed by atoms with van der Waals surface area (Å²) in [7, 11) is 0. The Bertz CT molecular complexity index is 1830. The predicted molar refractivity (Wildman–Crippen MR) is 107 cm³/mol. The van der Waals surface area contributed by atoms with Crippen LogP contribution in [-0.4, -0.2) is 29.3 Å². The van der Waals surface area contributed by atoms with Crippen molar-refractivity contribution in [3.8, 4) is 0 Å². The summed E-state index contributed by atoms with van der Waals surface area (Å²) in [4.78, 5) is 21.8. The lowest BCUT2D eigenvalue weighted by Crippen LogP contribution is -1.87. The molecule has 6 aromatic heterocycles. The lowest BCUT2D eigenvalue weighted by atomic mass is 10.0. The van der Waals surface area contributed by atoms with Crippen LogP contribution < -0.4 is 0 Å². The Morgan fingerprint density at radius 2 is 1.48 bits per heavy atom. The fourth-order valence-electron chi connectivity index (χ4n) is 4.70. The molecule has 6 heterocycles. The number of hydrogen-bond acceptors (Lipinski definition) is 3. The molecule has 0 spiro atoms. The van der Waals surface area contributed by atoms with Gasteiger partial charge in [-0.3, -0.25) is 4.40 Å². The quantitative estimate of drug-likeness (QED) is 0.422. The van der Waals surface area contributed by atoms with Crippen molar-refractivity contribution in [2.45, 2.75) is 0 Å². The van der Waals surface area contributed by atoms with Crippen LogP contribution in [0.2, 0.25) is 0 Å². The van der Waals surface area contributed by atoms with Crippen LogP contribution in [0.5, 0.6) is 0 Å². The van der Waals surface area contributed by atoms with E-state index in [9.17, 15) is 0 Å². The van der Waals surface area contributed by atoms with Crippen LogP contribution >= 0.6 is 0 Å². The maximum absolute atomic E-state index is 5.02. The molecule has 0 aliphatic heterocycles. The number of rotatable bonds is 0. The Hall–Kier alpha value is -3.93. The summed E-state index contributed by atoms with van der Waals surface area (Å²) in [5, 5.41) is 4.50. The topological polar surface area (TPSA) is 74.7 Å². The number of para-hydroxylation sites is 2. The molecule has 0 fully saturated rings. The summed E-state index contributed by atoms with van der Waals surface area (Å²) in [6.07, 6.45) is 0. The van der Waals surface area contributed by atoms with Gasteiger partial charge in [-0.15, -0.1) is 0 Å². The van der Waals surface area contributed by atoms with Crippen molar-refractivity contribution < 1.29 is 0 Å². The number of imidazole rings is 3. The average molecular weight is 346 g/mol. The highest BCUT2D eigenvalue weighted by atomic mass is 15.1. The van der Waals surface area contributed by atoms with Crippen LogP contribution in [0.1, 0.15) is 0 Å². The second kappa shape index (κ2) is 3.76. The molecule has 6 heteroatoms. The molecule has 0 saturated carbocycles. The van der Waals surface area contributed by atoms with Crippen LogP contribution in [0.25, 0.3) is 71.7 Å². The average Bonchev–Trinajstić information content (AvgIpc) is 3.38. The summed E-state index contributed by atoms with van der Waals surface area (Å²) < 4.78 is 2.08. The second-order valence-corrected chi connectivity index (χ2v) is 7.18. The maximum Gasteiger partial charge on any atom is 0.214 e. The van der Waals surface area contributed by atoms with Crippen molar-refractivity contribution in [3.63, 3.8) is 0 Å². The van der Waals surface area contributed by atoms with Crippen LogP contribution in [0, 0.1) is 0 Å². The molecule has 3 aromatic carbocycles. The minimum absolute atomic E-state index is 0.766. The smallest absolute Gasteiger partial charge is 0.214 e. The van der Waals surface area contributed by atoms with Gasteiger partial charge >= 0.3 is 0 Å². The van der Waals surface area contributed by atoms with E-state index in [1.165, 1.54) is 0 Å². The minimum atomic E-state index is 0.766. The van der Waals surface area contributed by atoms with E-state index in [1.54, 1.807) is 0 Å². The number of H-pyrrole nitrogens is 2. The summed E-state index contributed by atoms with van der Waals surface area (Å²) >= 11 is 0. The first kappa shape index (κ1) is 12.4. The highest BCUT2D eigenvalue weighted by molar-refractivity contribution is 6.26. The number of aromatic amines is 2. The Labute approximate surface area is 150 Å². The summed E-state index contributed by atoms with van der Waals surface area (Å²) in [5.74, 6) is 0.771. The zero-order valence-corrected chi connectivity index (χ0v) is 13.9. The van der Waals surface area contributed by atoms with Crippen molar-refractivity contribution in [2.75, 3.05) is 0 Å².